The Kier molecular flexibility index (Phi) is 5.10. The lowest BCUT2D eigenvalue weighted by Crippen LogP contribution is -2.41. The normalized spacial score (nSPS) is 12.6. The fraction of sp³-hybridized carbons (Fsp3) is 0.467. The van der Waals surface area contributed by atoms with Crippen molar-refractivity contribution < 1.29 is 14.3 Å². The molecule has 0 aromatic heterocycles. The zero-order valence-corrected chi connectivity index (χ0v) is 11.9. The summed E-state index contributed by atoms with van der Waals surface area (Å²) in [5.41, 5.74) is 1.56. The van der Waals surface area contributed by atoms with E-state index in [9.17, 15) is 9.59 Å². The molecule has 0 fully saturated rings. The highest BCUT2D eigenvalue weighted by Gasteiger charge is 2.19. The highest BCUT2D eigenvalue weighted by Crippen LogP contribution is 2.09. The molecule has 0 saturated carbocycles. The van der Waals surface area contributed by atoms with E-state index in [4.69, 9.17) is 4.74 Å². The molecule has 104 valence electrons. The van der Waals surface area contributed by atoms with Gasteiger partial charge in [-0.15, -0.1) is 0 Å². The third kappa shape index (κ3) is 6.04. The molecule has 4 nitrogen and oxygen atoms in total. The molecule has 1 aromatic carbocycles. The summed E-state index contributed by atoms with van der Waals surface area (Å²) in [4.78, 5) is 22.6. The van der Waals surface area contributed by atoms with Crippen LogP contribution in [0.5, 0.6) is 0 Å². The number of nitrogens with one attached hydrogen (secondary N) is 1. The van der Waals surface area contributed by atoms with Crippen LogP contribution in [0.1, 0.15) is 31.9 Å². The number of aldehydes is 1. The van der Waals surface area contributed by atoms with Gasteiger partial charge in [0, 0.05) is 0 Å². The summed E-state index contributed by atoms with van der Waals surface area (Å²) in [5, 5.41) is 2.56. The van der Waals surface area contributed by atoms with E-state index in [1.165, 1.54) is 0 Å². The summed E-state index contributed by atoms with van der Waals surface area (Å²) in [6.07, 6.45) is 0.619. The van der Waals surface area contributed by atoms with Crippen molar-refractivity contribution in [3.05, 3.63) is 35.4 Å². The van der Waals surface area contributed by atoms with Gasteiger partial charge < -0.3 is 14.8 Å². The van der Waals surface area contributed by atoms with Crippen molar-refractivity contribution in [2.24, 2.45) is 0 Å². The van der Waals surface area contributed by atoms with Crippen LogP contribution in [-0.4, -0.2) is 24.0 Å². The average Bonchev–Trinajstić information content (AvgIpc) is 2.25. The van der Waals surface area contributed by atoms with Crippen molar-refractivity contribution in [3.8, 4) is 0 Å². The molecule has 1 rings (SSSR count). The first-order valence-electron chi connectivity index (χ1n) is 6.30. The van der Waals surface area contributed by atoms with Gasteiger partial charge in [0.15, 0.2) is 0 Å². The van der Waals surface area contributed by atoms with Crippen LogP contribution in [0.4, 0.5) is 4.79 Å². The molecule has 19 heavy (non-hydrogen) atoms. The Morgan fingerprint density at radius 3 is 2.63 bits per heavy atom. The van der Waals surface area contributed by atoms with E-state index in [1.807, 2.05) is 31.2 Å². The van der Waals surface area contributed by atoms with E-state index in [0.29, 0.717) is 6.42 Å². The summed E-state index contributed by atoms with van der Waals surface area (Å²) in [7, 11) is 0. The molecular formula is C15H21NO3. The fourth-order valence-corrected chi connectivity index (χ4v) is 1.69. The molecule has 1 amide bonds. The van der Waals surface area contributed by atoms with Crippen LogP contribution < -0.4 is 5.32 Å². The van der Waals surface area contributed by atoms with Gasteiger partial charge in [0.05, 0.1) is 6.04 Å². The van der Waals surface area contributed by atoms with Gasteiger partial charge in [-0.2, -0.15) is 0 Å². The Morgan fingerprint density at radius 2 is 2.11 bits per heavy atom. The smallest absolute Gasteiger partial charge is 0.408 e. The van der Waals surface area contributed by atoms with Crippen LogP contribution in [0, 0.1) is 6.92 Å². The van der Waals surface area contributed by atoms with E-state index in [2.05, 4.69) is 5.32 Å². The maximum Gasteiger partial charge on any atom is 0.408 e. The Hall–Kier alpha value is -1.84. The van der Waals surface area contributed by atoms with Crippen molar-refractivity contribution in [2.75, 3.05) is 0 Å². The maximum absolute atomic E-state index is 11.6. The molecule has 0 aliphatic heterocycles. The largest absolute Gasteiger partial charge is 0.444 e. The van der Waals surface area contributed by atoms with Crippen molar-refractivity contribution in [1.29, 1.82) is 0 Å². The molecule has 0 bridgehead atoms. The minimum atomic E-state index is -0.573. The van der Waals surface area contributed by atoms with Crippen molar-refractivity contribution in [1.82, 2.24) is 5.32 Å². The standard InChI is InChI=1S/C15H21NO3/c1-11-6-5-7-12(8-11)9-13(10-17)16-14(18)19-15(2,3)4/h5-8,10,13H,9H2,1-4H3,(H,16,18). The van der Waals surface area contributed by atoms with Gasteiger partial charge in [-0.1, -0.05) is 29.8 Å². The number of hydrogen-bond donors (Lipinski definition) is 1. The van der Waals surface area contributed by atoms with Gasteiger partial charge in [-0.25, -0.2) is 4.79 Å². The number of rotatable bonds is 4. The maximum atomic E-state index is 11.6. The quantitative estimate of drug-likeness (QED) is 0.850. The first kappa shape index (κ1) is 15.2. The summed E-state index contributed by atoms with van der Waals surface area (Å²) >= 11 is 0. The molecule has 0 aliphatic rings. The number of aryl methyl sites for hydroxylation is 1. The third-order valence-electron chi connectivity index (χ3n) is 2.40. The Labute approximate surface area is 114 Å². The lowest BCUT2D eigenvalue weighted by atomic mass is 10.0. The topological polar surface area (TPSA) is 55.4 Å². The Morgan fingerprint density at radius 1 is 1.42 bits per heavy atom. The van der Waals surface area contributed by atoms with Gasteiger partial charge in [0.1, 0.15) is 11.9 Å². The number of carbonyl (C=O) groups is 2. The summed E-state index contributed by atoms with van der Waals surface area (Å²) < 4.78 is 5.12. The highest BCUT2D eigenvalue weighted by molar-refractivity contribution is 5.73. The highest BCUT2D eigenvalue weighted by atomic mass is 16.6. The van der Waals surface area contributed by atoms with Crippen LogP contribution >= 0.6 is 0 Å². The van der Waals surface area contributed by atoms with Crippen LogP contribution in [0.3, 0.4) is 0 Å². The van der Waals surface area contributed by atoms with Crippen LogP contribution in [0.15, 0.2) is 24.3 Å². The molecular weight excluding hydrogens is 242 g/mol. The van der Waals surface area contributed by atoms with Gasteiger partial charge >= 0.3 is 6.09 Å². The fourth-order valence-electron chi connectivity index (χ4n) is 1.69. The van der Waals surface area contributed by atoms with Gasteiger partial charge in [0.2, 0.25) is 0 Å². The van der Waals surface area contributed by atoms with Crippen molar-refractivity contribution in [2.45, 2.75) is 45.8 Å². The number of amides is 1. The minimum Gasteiger partial charge on any atom is -0.444 e. The molecule has 0 aliphatic carbocycles. The van der Waals surface area contributed by atoms with E-state index in [-0.39, 0.29) is 0 Å². The summed E-state index contributed by atoms with van der Waals surface area (Å²) in [6, 6.07) is 7.27. The first-order valence-corrected chi connectivity index (χ1v) is 6.30. The lowest BCUT2D eigenvalue weighted by Gasteiger charge is -2.21. The molecule has 0 saturated heterocycles. The van der Waals surface area contributed by atoms with E-state index in [1.54, 1.807) is 20.8 Å². The van der Waals surface area contributed by atoms with Gasteiger partial charge in [-0.05, 0) is 39.7 Å². The minimum absolute atomic E-state index is 0.463. The van der Waals surface area contributed by atoms with Crippen LogP contribution in [-0.2, 0) is 16.0 Å². The molecule has 1 N–H and O–H groups in total. The van der Waals surface area contributed by atoms with Crippen LogP contribution in [0.2, 0.25) is 0 Å². The molecule has 0 heterocycles. The van der Waals surface area contributed by atoms with Gasteiger partial charge in [-0.3, -0.25) is 0 Å². The third-order valence-corrected chi connectivity index (χ3v) is 2.40. The Bertz CT molecular complexity index is 449. The predicted molar refractivity (Wildman–Crippen MR) is 74.1 cm³/mol. The lowest BCUT2D eigenvalue weighted by molar-refractivity contribution is -0.109. The number of hydrogen-bond acceptors (Lipinski definition) is 3. The van der Waals surface area contributed by atoms with Crippen molar-refractivity contribution in [3.63, 3.8) is 0 Å². The number of carbonyl (C=O) groups excluding carboxylic acids is 2. The molecule has 4 heteroatoms. The zero-order chi connectivity index (χ0) is 14.5. The number of alkyl carbamates (subject to hydrolysis) is 1. The number of benzene rings is 1. The molecule has 1 unspecified atom stereocenters. The second kappa shape index (κ2) is 6.36. The number of ether oxygens (including phenoxy) is 1. The predicted octanol–water partition coefficient (Wildman–Crippen LogP) is 2.63. The monoisotopic (exact) mass is 263 g/mol. The Balaban J connectivity index is 2.59. The second-order valence-corrected chi connectivity index (χ2v) is 5.58. The molecule has 0 radical (unpaired) electrons. The van der Waals surface area contributed by atoms with E-state index in [0.717, 1.165) is 17.4 Å². The SMILES string of the molecule is Cc1cccc(CC(C=O)NC(=O)OC(C)(C)C)c1. The molecule has 0 spiro atoms. The summed E-state index contributed by atoms with van der Waals surface area (Å²) in [5.74, 6) is 0. The van der Waals surface area contributed by atoms with Gasteiger partial charge in [0.25, 0.3) is 0 Å². The molecule has 1 aromatic rings. The first-order chi connectivity index (χ1) is 8.80. The summed E-state index contributed by atoms with van der Waals surface area (Å²) in [6.45, 7) is 7.33. The second-order valence-electron chi connectivity index (χ2n) is 5.58. The average molecular weight is 263 g/mol. The molecule has 1 atom stereocenters. The van der Waals surface area contributed by atoms with E-state index >= 15 is 0 Å². The zero-order valence-electron chi connectivity index (χ0n) is 11.9. The van der Waals surface area contributed by atoms with Crippen LogP contribution in [0.25, 0.3) is 0 Å². The van der Waals surface area contributed by atoms with Crippen molar-refractivity contribution >= 4 is 12.4 Å². The van der Waals surface area contributed by atoms with E-state index < -0.39 is 17.7 Å².